The molecule has 1 heterocycles. The second-order valence-corrected chi connectivity index (χ2v) is 8.96. The second-order valence-electron chi connectivity index (χ2n) is 8.96. The Labute approximate surface area is 189 Å². The molecule has 0 aliphatic rings. The molecule has 0 saturated carbocycles. The highest BCUT2D eigenvalue weighted by molar-refractivity contribution is 5.84. The molecule has 1 aromatic carbocycles. The number of anilines is 1. The van der Waals surface area contributed by atoms with Crippen molar-refractivity contribution < 1.29 is 23.8 Å². The minimum absolute atomic E-state index is 0.158. The number of pyridine rings is 1. The van der Waals surface area contributed by atoms with Gasteiger partial charge in [0, 0.05) is 26.0 Å². The second kappa shape index (κ2) is 10.5. The molecular formula is C24H33N3O5. The fraction of sp³-hybridized carbons (Fsp3) is 0.458. The fourth-order valence-electron chi connectivity index (χ4n) is 3.12. The van der Waals surface area contributed by atoms with Crippen molar-refractivity contribution in [3.05, 3.63) is 59.9 Å². The van der Waals surface area contributed by atoms with Gasteiger partial charge in [0.1, 0.15) is 18.2 Å². The first-order chi connectivity index (χ1) is 14.9. The van der Waals surface area contributed by atoms with Crippen LogP contribution in [0, 0.1) is 0 Å². The zero-order valence-electron chi connectivity index (χ0n) is 19.8. The molecule has 2 amide bonds. The van der Waals surface area contributed by atoms with Crippen LogP contribution >= 0.6 is 0 Å². The average Bonchev–Trinajstić information content (AvgIpc) is 2.72. The van der Waals surface area contributed by atoms with Gasteiger partial charge in [-0.2, -0.15) is 0 Å². The number of methoxy groups -OCH3 is 1. The number of hydrogen-bond acceptors (Lipinski definition) is 6. The van der Waals surface area contributed by atoms with Gasteiger partial charge in [-0.3, -0.25) is 15.2 Å². The lowest BCUT2D eigenvalue weighted by Crippen LogP contribution is -2.46. The van der Waals surface area contributed by atoms with Crippen molar-refractivity contribution in [2.24, 2.45) is 0 Å². The van der Waals surface area contributed by atoms with Crippen molar-refractivity contribution in [1.29, 1.82) is 0 Å². The summed E-state index contributed by atoms with van der Waals surface area (Å²) in [7, 11) is 3.20. The Kier molecular flexibility index (Phi) is 8.21. The molecule has 0 saturated heterocycles. The highest BCUT2D eigenvalue weighted by Crippen LogP contribution is 2.34. The van der Waals surface area contributed by atoms with Gasteiger partial charge < -0.3 is 14.2 Å². The van der Waals surface area contributed by atoms with Crippen LogP contribution in [0.25, 0.3) is 0 Å². The summed E-state index contributed by atoms with van der Waals surface area (Å²) in [4.78, 5) is 30.9. The summed E-state index contributed by atoms with van der Waals surface area (Å²) in [5.74, 6) is 0. The van der Waals surface area contributed by atoms with Crippen molar-refractivity contribution in [3.63, 3.8) is 0 Å². The largest absolute Gasteiger partial charge is 0.444 e. The number of carbonyl (C=O) groups is 2. The van der Waals surface area contributed by atoms with Crippen LogP contribution in [0.4, 0.5) is 15.3 Å². The van der Waals surface area contributed by atoms with Gasteiger partial charge in [0.25, 0.3) is 0 Å². The van der Waals surface area contributed by atoms with Gasteiger partial charge in [-0.25, -0.2) is 9.59 Å². The van der Waals surface area contributed by atoms with E-state index >= 15 is 0 Å². The van der Waals surface area contributed by atoms with Crippen molar-refractivity contribution in [3.8, 4) is 0 Å². The summed E-state index contributed by atoms with van der Waals surface area (Å²) in [6.07, 6.45) is 0.466. The van der Waals surface area contributed by atoms with Gasteiger partial charge in [0.2, 0.25) is 0 Å². The summed E-state index contributed by atoms with van der Waals surface area (Å²) in [6, 6.07) is 12.2. The van der Waals surface area contributed by atoms with E-state index in [1.54, 1.807) is 53.3 Å². The highest BCUT2D eigenvalue weighted by Gasteiger charge is 2.39. The van der Waals surface area contributed by atoms with E-state index in [9.17, 15) is 9.59 Å². The summed E-state index contributed by atoms with van der Waals surface area (Å²) in [6.45, 7) is 9.28. The SMILES string of the molecule is COC(C)(C)[C@@H](c1cc(NC(=O)OCc2ccccc2)ccn1)N(C)C(=O)OC(C)(C)C. The smallest absolute Gasteiger partial charge is 0.411 e. The molecule has 0 spiro atoms. The molecule has 8 nitrogen and oxygen atoms in total. The molecule has 0 radical (unpaired) electrons. The molecule has 0 aliphatic carbocycles. The van der Waals surface area contributed by atoms with E-state index in [4.69, 9.17) is 14.2 Å². The summed E-state index contributed by atoms with van der Waals surface area (Å²) in [5.41, 5.74) is 0.477. The van der Waals surface area contributed by atoms with Crippen LogP contribution in [-0.4, -0.2) is 47.4 Å². The maximum atomic E-state index is 12.7. The molecule has 1 N–H and O–H groups in total. The van der Waals surface area contributed by atoms with Crippen LogP contribution < -0.4 is 5.32 Å². The van der Waals surface area contributed by atoms with Gasteiger partial charge in [-0.1, -0.05) is 30.3 Å². The van der Waals surface area contributed by atoms with Crippen molar-refractivity contribution in [1.82, 2.24) is 9.88 Å². The third-order valence-corrected chi connectivity index (χ3v) is 4.77. The number of likely N-dealkylation sites (N-methyl/N-ethyl adjacent to an activating group) is 1. The number of hydrogen-bond donors (Lipinski definition) is 1. The molecule has 1 aromatic heterocycles. The van der Waals surface area contributed by atoms with Gasteiger partial charge >= 0.3 is 12.2 Å². The van der Waals surface area contributed by atoms with Crippen LogP contribution in [0.5, 0.6) is 0 Å². The normalized spacial score (nSPS) is 12.6. The third kappa shape index (κ3) is 7.23. The molecule has 0 aliphatic heterocycles. The molecule has 32 heavy (non-hydrogen) atoms. The van der Waals surface area contributed by atoms with E-state index in [0.717, 1.165) is 5.56 Å². The number of nitrogens with one attached hydrogen (secondary N) is 1. The van der Waals surface area contributed by atoms with Crippen LogP contribution in [0.3, 0.4) is 0 Å². The zero-order valence-corrected chi connectivity index (χ0v) is 19.8. The lowest BCUT2D eigenvalue weighted by atomic mass is 9.93. The van der Waals surface area contributed by atoms with Gasteiger partial charge in [-0.15, -0.1) is 0 Å². The predicted octanol–water partition coefficient (Wildman–Crippen LogP) is 5.16. The van der Waals surface area contributed by atoms with Gasteiger partial charge in [-0.05, 0) is 52.3 Å². The zero-order chi connectivity index (χ0) is 23.9. The van der Waals surface area contributed by atoms with Crippen LogP contribution in [-0.2, 0) is 20.8 Å². The fourth-order valence-corrected chi connectivity index (χ4v) is 3.12. The number of benzene rings is 1. The number of aromatic nitrogens is 1. The van der Waals surface area contributed by atoms with Crippen LogP contribution in [0.1, 0.15) is 51.9 Å². The van der Waals surface area contributed by atoms with Gasteiger partial charge in [0.15, 0.2) is 0 Å². The summed E-state index contributed by atoms with van der Waals surface area (Å²) in [5, 5.41) is 2.71. The minimum Gasteiger partial charge on any atom is -0.444 e. The number of ether oxygens (including phenoxy) is 3. The highest BCUT2D eigenvalue weighted by atomic mass is 16.6. The van der Waals surface area contributed by atoms with Gasteiger partial charge in [0.05, 0.1) is 11.3 Å². The Morgan fingerprint density at radius 2 is 1.75 bits per heavy atom. The first-order valence-electron chi connectivity index (χ1n) is 10.4. The van der Waals surface area contributed by atoms with E-state index in [0.29, 0.717) is 11.4 Å². The molecule has 2 aromatic rings. The van der Waals surface area contributed by atoms with Crippen molar-refractivity contribution in [2.75, 3.05) is 19.5 Å². The first-order valence-corrected chi connectivity index (χ1v) is 10.4. The van der Waals surface area contributed by atoms with Crippen LogP contribution in [0.15, 0.2) is 48.7 Å². The number of carbonyl (C=O) groups excluding carboxylic acids is 2. The number of rotatable bonds is 7. The lowest BCUT2D eigenvalue weighted by molar-refractivity contribution is -0.0566. The molecule has 174 valence electrons. The molecule has 1 atom stereocenters. The third-order valence-electron chi connectivity index (χ3n) is 4.77. The maximum absolute atomic E-state index is 12.7. The first kappa shape index (κ1) is 25.1. The topological polar surface area (TPSA) is 90.0 Å². The predicted molar refractivity (Wildman–Crippen MR) is 122 cm³/mol. The molecule has 8 heteroatoms. The quantitative estimate of drug-likeness (QED) is 0.635. The Morgan fingerprint density at radius 1 is 1.09 bits per heavy atom. The van der Waals surface area contributed by atoms with Crippen molar-refractivity contribution in [2.45, 2.75) is 58.5 Å². The van der Waals surface area contributed by atoms with Crippen molar-refractivity contribution >= 4 is 17.9 Å². The standard InChI is InChI=1S/C24H33N3O5/c1-23(2,3)32-22(29)27(6)20(24(4,5)30-7)19-15-18(13-14-25-19)26-21(28)31-16-17-11-9-8-10-12-17/h8-15,20H,16H2,1-7H3,(H,25,26,28)/t20-/m1/s1. The number of nitrogens with zero attached hydrogens (tertiary/aromatic N) is 2. The summed E-state index contributed by atoms with van der Waals surface area (Å²) < 4.78 is 16.5. The monoisotopic (exact) mass is 443 g/mol. The van der Waals surface area contributed by atoms with E-state index in [1.807, 2.05) is 44.2 Å². The molecule has 0 fully saturated rings. The van der Waals surface area contributed by atoms with E-state index in [-0.39, 0.29) is 6.61 Å². The maximum Gasteiger partial charge on any atom is 0.411 e. The molecule has 2 rings (SSSR count). The Balaban J connectivity index is 2.19. The Morgan fingerprint density at radius 3 is 2.34 bits per heavy atom. The molecular weight excluding hydrogens is 410 g/mol. The molecule has 0 bridgehead atoms. The van der Waals surface area contributed by atoms with E-state index in [1.165, 1.54) is 4.90 Å². The average molecular weight is 444 g/mol. The number of amides is 2. The minimum atomic E-state index is -0.787. The lowest BCUT2D eigenvalue weighted by Gasteiger charge is -2.39. The summed E-state index contributed by atoms with van der Waals surface area (Å²) >= 11 is 0. The molecule has 0 unspecified atom stereocenters. The Hall–Kier alpha value is -3.13. The Bertz CT molecular complexity index is 909. The van der Waals surface area contributed by atoms with Crippen LogP contribution in [0.2, 0.25) is 0 Å². The van der Waals surface area contributed by atoms with E-state index < -0.39 is 29.4 Å². The van der Waals surface area contributed by atoms with E-state index in [2.05, 4.69) is 10.3 Å².